The second-order valence-corrected chi connectivity index (χ2v) is 8.47. The second kappa shape index (κ2) is 11.6. The Kier molecular flexibility index (Phi) is 8.11. The number of hydrogen-bond acceptors (Lipinski definition) is 9. The molecule has 3 aromatic rings. The van der Waals surface area contributed by atoms with E-state index < -0.39 is 17.8 Å². The highest BCUT2D eigenvalue weighted by Gasteiger charge is 2.25. The Hall–Kier alpha value is -3.99. The van der Waals surface area contributed by atoms with Crippen molar-refractivity contribution in [3.05, 3.63) is 59.9 Å². The molecule has 1 fully saturated rings. The van der Waals surface area contributed by atoms with Gasteiger partial charge in [-0.1, -0.05) is 37.3 Å². The number of ether oxygens (including phenoxy) is 1. The number of carboxylic acid groups (broad SMARTS) is 1. The molecule has 1 aliphatic heterocycles. The molecule has 1 saturated heterocycles. The Morgan fingerprint density at radius 1 is 1.14 bits per heavy atom. The quantitative estimate of drug-likeness (QED) is 0.266. The van der Waals surface area contributed by atoms with Crippen LogP contribution in [0.2, 0.25) is 0 Å². The van der Waals surface area contributed by atoms with Crippen LogP contribution in [0.3, 0.4) is 0 Å². The first-order valence-corrected chi connectivity index (χ1v) is 11.9. The van der Waals surface area contributed by atoms with Crippen LogP contribution in [0, 0.1) is 5.82 Å². The van der Waals surface area contributed by atoms with Gasteiger partial charge in [0, 0.05) is 23.8 Å². The lowest BCUT2D eigenvalue weighted by molar-refractivity contribution is -0.138. The fourth-order valence-electron chi connectivity index (χ4n) is 4.20. The summed E-state index contributed by atoms with van der Waals surface area (Å²) in [6.45, 7) is 3.03. The van der Waals surface area contributed by atoms with Crippen LogP contribution in [0.4, 0.5) is 27.9 Å². The third-order valence-electron chi connectivity index (χ3n) is 6.04. The highest BCUT2D eigenvalue weighted by atomic mass is 19.1. The number of carboxylic acids is 1. The zero-order valence-corrected chi connectivity index (χ0v) is 20.2. The van der Waals surface area contributed by atoms with Gasteiger partial charge in [-0.15, -0.1) is 0 Å². The van der Waals surface area contributed by atoms with Gasteiger partial charge in [0.2, 0.25) is 17.8 Å². The molecule has 2 aromatic carbocycles. The molecule has 0 amide bonds. The molecular weight excluding hydrogens is 465 g/mol. The highest BCUT2D eigenvalue weighted by Crippen LogP contribution is 2.25. The van der Waals surface area contributed by atoms with E-state index in [0.717, 1.165) is 25.8 Å². The van der Waals surface area contributed by atoms with E-state index in [1.54, 1.807) is 30.3 Å². The first-order chi connectivity index (χ1) is 17.5. The number of aliphatic carboxylic acids is 1. The number of benzene rings is 2. The van der Waals surface area contributed by atoms with Gasteiger partial charge in [0.25, 0.3) is 0 Å². The summed E-state index contributed by atoms with van der Waals surface area (Å²) in [6.07, 6.45) is 2.97. The maximum Gasteiger partial charge on any atom is 0.330 e. The van der Waals surface area contributed by atoms with Gasteiger partial charge in [-0.2, -0.15) is 15.0 Å². The predicted octanol–water partition coefficient (Wildman–Crippen LogP) is 3.94. The van der Waals surface area contributed by atoms with E-state index in [-0.39, 0.29) is 35.7 Å². The zero-order chi connectivity index (χ0) is 25.5. The maximum absolute atomic E-state index is 14.2. The maximum atomic E-state index is 14.2. The number of rotatable bonds is 11. The van der Waals surface area contributed by atoms with Crippen molar-refractivity contribution in [2.75, 3.05) is 29.6 Å². The van der Waals surface area contributed by atoms with E-state index in [0.29, 0.717) is 11.3 Å². The van der Waals surface area contributed by atoms with Gasteiger partial charge in [-0.3, -0.25) is 0 Å². The minimum absolute atomic E-state index is 0.0643. The first-order valence-electron chi connectivity index (χ1n) is 11.9. The van der Waals surface area contributed by atoms with E-state index in [4.69, 9.17) is 4.74 Å². The predicted molar refractivity (Wildman–Crippen MR) is 135 cm³/mol. The summed E-state index contributed by atoms with van der Waals surface area (Å²) in [5.41, 5.74) is 0.951. The van der Waals surface area contributed by atoms with Crippen molar-refractivity contribution in [3.8, 4) is 5.75 Å². The summed E-state index contributed by atoms with van der Waals surface area (Å²) in [4.78, 5) is 25.3. The van der Waals surface area contributed by atoms with Crippen molar-refractivity contribution in [1.29, 1.82) is 0 Å². The van der Waals surface area contributed by atoms with E-state index in [9.17, 15) is 14.3 Å². The van der Waals surface area contributed by atoms with Crippen LogP contribution in [-0.2, 0) is 4.79 Å². The monoisotopic (exact) mass is 495 g/mol. The molecule has 3 atom stereocenters. The molecule has 0 saturated carbocycles. The Morgan fingerprint density at radius 2 is 1.86 bits per heavy atom. The van der Waals surface area contributed by atoms with Crippen molar-refractivity contribution in [2.45, 2.75) is 44.3 Å². The summed E-state index contributed by atoms with van der Waals surface area (Å²) in [6, 6.07) is 12.4. The van der Waals surface area contributed by atoms with Crippen molar-refractivity contribution < 1.29 is 19.0 Å². The normalized spacial score (nSPS) is 16.7. The Morgan fingerprint density at radius 3 is 2.47 bits per heavy atom. The van der Waals surface area contributed by atoms with Crippen molar-refractivity contribution in [2.24, 2.45) is 0 Å². The molecule has 10 nitrogen and oxygen atoms in total. The molecular formula is C25H30FN7O3. The smallest absolute Gasteiger partial charge is 0.330 e. The number of anilines is 4. The van der Waals surface area contributed by atoms with Crippen LogP contribution in [-0.4, -0.2) is 51.8 Å². The van der Waals surface area contributed by atoms with E-state index in [1.807, 2.05) is 6.07 Å². The van der Waals surface area contributed by atoms with Gasteiger partial charge in [-0.05, 0) is 43.5 Å². The molecule has 0 radical (unpaired) electrons. The fourth-order valence-corrected chi connectivity index (χ4v) is 4.20. The third kappa shape index (κ3) is 6.16. The standard InChI is InChI=1S/C25H30FN7O3/c1-3-18(19-10-7-13-27-19)29-24-31-23(28-16-11-12-20(36-2)17(26)14-16)32-25(33-24)30-21(22(34)35)15-8-5-4-6-9-15/h4-6,8-9,11-12,14,18-19,21,27H,3,7,10,13H2,1-2H3,(H,34,35)(H3,28,29,30,31,32,33). The summed E-state index contributed by atoms with van der Waals surface area (Å²) in [7, 11) is 1.39. The molecule has 3 unspecified atom stereocenters. The lowest BCUT2D eigenvalue weighted by Crippen LogP contribution is -2.40. The van der Waals surface area contributed by atoms with Crippen molar-refractivity contribution in [1.82, 2.24) is 20.3 Å². The van der Waals surface area contributed by atoms with Gasteiger partial charge >= 0.3 is 5.97 Å². The molecule has 0 spiro atoms. The van der Waals surface area contributed by atoms with Gasteiger partial charge in [0.1, 0.15) is 0 Å². The minimum Gasteiger partial charge on any atom is -0.494 e. The summed E-state index contributed by atoms with van der Waals surface area (Å²) < 4.78 is 19.2. The zero-order valence-electron chi connectivity index (χ0n) is 20.2. The summed E-state index contributed by atoms with van der Waals surface area (Å²) >= 11 is 0. The molecule has 0 aliphatic carbocycles. The lowest BCUT2D eigenvalue weighted by Gasteiger charge is -2.24. The molecule has 2 heterocycles. The Balaban J connectivity index is 1.65. The second-order valence-electron chi connectivity index (χ2n) is 8.47. The average molecular weight is 496 g/mol. The van der Waals surface area contributed by atoms with Gasteiger partial charge in [0.15, 0.2) is 17.6 Å². The number of nitrogens with one attached hydrogen (secondary N) is 4. The number of nitrogens with zero attached hydrogens (tertiary/aromatic N) is 3. The third-order valence-corrected chi connectivity index (χ3v) is 6.04. The largest absolute Gasteiger partial charge is 0.494 e. The van der Waals surface area contributed by atoms with Crippen LogP contribution in [0.15, 0.2) is 48.5 Å². The molecule has 1 aliphatic rings. The summed E-state index contributed by atoms with van der Waals surface area (Å²) in [5.74, 6) is -1.03. The molecule has 4 rings (SSSR count). The highest BCUT2D eigenvalue weighted by molar-refractivity contribution is 5.78. The van der Waals surface area contributed by atoms with Crippen molar-refractivity contribution >= 4 is 29.5 Å². The molecule has 5 N–H and O–H groups in total. The number of halogens is 1. The topological polar surface area (TPSA) is 133 Å². The molecule has 36 heavy (non-hydrogen) atoms. The van der Waals surface area contributed by atoms with Crippen LogP contribution < -0.4 is 26.0 Å². The minimum atomic E-state index is -1.08. The molecule has 11 heteroatoms. The van der Waals surface area contributed by atoms with Gasteiger partial charge < -0.3 is 31.1 Å². The molecule has 1 aromatic heterocycles. The lowest BCUT2D eigenvalue weighted by atomic mass is 10.0. The Bertz CT molecular complexity index is 1180. The first kappa shape index (κ1) is 25.1. The van der Waals surface area contributed by atoms with Crippen molar-refractivity contribution in [3.63, 3.8) is 0 Å². The number of carbonyl (C=O) groups is 1. The van der Waals surface area contributed by atoms with E-state index in [1.165, 1.54) is 19.2 Å². The molecule has 190 valence electrons. The SMILES string of the molecule is CCC(Nc1nc(Nc2ccc(OC)c(F)c2)nc(NC(C(=O)O)c2ccccc2)n1)C1CCCN1. The van der Waals surface area contributed by atoms with Crippen LogP contribution in [0.1, 0.15) is 37.8 Å². The molecule has 0 bridgehead atoms. The number of methoxy groups -OCH3 is 1. The van der Waals surface area contributed by atoms with Gasteiger partial charge in [0.05, 0.1) is 7.11 Å². The number of hydrogen-bond donors (Lipinski definition) is 5. The van der Waals surface area contributed by atoms with E-state index >= 15 is 0 Å². The van der Waals surface area contributed by atoms with Crippen LogP contribution in [0.5, 0.6) is 5.75 Å². The fraction of sp³-hybridized carbons (Fsp3) is 0.360. The van der Waals surface area contributed by atoms with E-state index in [2.05, 4.69) is 43.1 Å². The van der Waals surface area contributed by atoms with Crippen LogP contribution in [0.25, 0.3) is 0 Å². The number of aromatic nitrogens is 3. The Labute approximate surface area is 208 Å². The van der Waals surface area contributed by atoms with Gasteiger partial charge in [-0.25, -0.2) is 9.18 Å². The summed E-state index contributed by atoms with van der Waals surface area (Å²) in [5, 5.41) is 22.6. The van der Waals surface area contributed by atoms with Crippen LogP contribution >= 0.6 is 0 Å². The average Bonchev–Trinajstić information content (AvgIpc) is 3.41.